The summed E-state index contributed by atoms with van der Waals surface area (Å²) < 4.78 is 5.07. The molecule has 0 fully saturated rings. The maximum atomic E-state index is 11.8. The molecule has 0 heterocycles. The van der Waals surface area contributed by atoms with E-state index in [0.717, 1.165) is 5.56 Å². The van der Waals surface area contributed by atoms with Gasteiger partial charge in [-0.1, -0.05) is 27.5 Å². The van der Waals surface area contributed by atoms with E-state index in [2.05, 4.69) is 15.9 Å². The van der Waals surface area contributed by atoms with Gasteiger partial charge >= 0.3 is 0 Å². The Balaban J connectivity index is 3.22. The number of ketones is 1. The van der Waals surface area contributed by atoms with E-state index in [4.69, 9.17) is 16.3 Å². The molecule has 2 nitrogen and oxygen atoms in total. The molecule has 1 aromatic carbocycles. The van der Waals surface area contributed by atoms with Gasteiger partial charge in [-0.05, 0) is 31.5 Å². The van der Waals surface area contributed by atoms with E-state index in [-0.39, 0.29) is 10.6 Å². The fraction of sp³-hybridized carbons (Fsp3) is 0.364. The molecule has 0 amide bonds. The molecule has 0 aromatic heterocycles. The number of carbonyl (C=O) groups is 1. The van der Waals surface area contributed by atoms with Crippen molar-refractivity contribution in [2.24, 2.45) is 0 Å². The molecule has 0 aliphatic carbocycles. The number of methoxy groups -OCH3 is 1. The van der Waals surface area contributed by atoms with Crippen LogP contribution in [0.1, 0.15) is 22.8 Å². The highest BCUT2D eigenvalue weighted by Gasteiger charge is 2.16. The monoisotopic (exact) mass is 290 g/mol. The number of carbonyl (C=O) groups excluding carboxylic acids is 1. The van der Waals surface area contributed by atoms with Gasteiger partial charge in [-0.25, -0.2) is 0 Å². The minimum atomic E-state index is -0.208. The molecule has 4 heteroatoms. The average Bonchev–Trinajstić information content (AvgIpc) is 2.19. The minimum absolute atomic E-state index is 0.0250. The van der Waals surface area contributed by atoms with Gasteiger partial charge < -0.3 is 4.74 Å². The van der Waals surface area contributed by atoms with Gasteiger partial charge in [-0.15, -0.1) is 0 Å². The van der Waals surface area contributed by atoms with Crippen LogP contribution in [-0.2, 0) is 0 Å². The van der Waals surface area contributed by atoms with Crippen LogP contribution in [0.5, 0.6) is 5.75 Å². The molecule has 0 bridgehead atoms. The van der Waals surface area contributed by atoms with Crippen molar-refractivity contribution in [3.8, 4) is 5.75 Å². The fourth-order valence-corrected chi connectivity index (χ4v) is 1.78. The second-order valence-electron chi connectivity index (χ2n) is 3.28. The first kappa shape index (κ1) is 12.5. The van der Waals surface area contributed by atoms with E-state index in [1.54, 1.807) is 26.2 Å². The summed E-state index contributed by atoms with van der Waals surface area (Å²) in [5.41, 5.74) is 1.50. The van der Waals surface area contributed by atoms with Crippen LogP contribution in [-0.4, -0.2) is 17.7 Å². The maximum absolute atomic E-state index is 11.8. The highest BCUT2D eigenvalue weighted by molar-refractivity contribution is 9.10. The summed E-state index contributed by atoms with van der Waals surface area (Å²) in [6, 6.07) is 3.42. The molecule has 0 N–H and O–H groups in total. The van der Waals surface area contributed by atoms with E-state index in [1.165, 1.54) is 0 Å². The number of halogens is 2. The Hall–Kier alpha value is -0.540. The number of benzene rings is 1. The highest BCUT2D eigenvalue weighted by atomic mass is 79.9. The lowest BCUT2D eigenvalue weighted by molar-refractivity contribution is 0.0995. The van der Waals surface area contributed by atoms with Gasteiger partial charge in [0, 0.05) is 5.56 Å². The number of aryl methyl sites for hydroxylation is 1. The molecule has 0 radical (unpaired) electrons. The van der Waals surface area contributed by atoms with Crippen molar-refractivity contribution in [1.29, 1.82) is 0 Å². The summed E-state index contributed by atoms with van der Waals surface area (Å²) in [7, 11) is 1.55. The number of alkyl halides is 1. The summed E-state index contributed by atoms with van der Waals surface area (Å²) in [5, 5.41) is 0.458. The molecule has 1 aromatic rings. The first-order valence-electron chi connectivity index (χ1n) is 4.49. The first-order valence-corrected chi connectivity index (χ1v) is 5.79. The van der Waals surface area contributed by atoms with Crippen molar-refractivity contribution in [1.82, 2.24) is 0 Å². The van der Waals surface area contributed by atoms with E-state index in [0.29, 0.717) is 16.3 Å². The van der Waals surface area contributed by atoms with Crippen molar-refractivity contribution in [3.63, 3.8) is 0 Å². The quantitative estimate of drug-likeness (QED) is 0.628. The molecule has 15 heavy (non-hydrogen) atoms. The molecule has 82 valence electrons. The van der Waals surface area contributed by atoms with Gasteiger partial charge in [-0.3, -0.25) is 4.79 Å². The molecule has 1 atom stereocenters. The van der Waals surface area contributed by atoms with Crippen LogP contribution in [0.25, 0.3) is 0 Å². The number of hydrogen-bond donors (Lipinski definition) is 0. The maximum Gasteiger partial charge on any atom is 0.176 e. The Morgan fingerprint density at radius 2 is 2.13 bits per heavy atom. The van der Waals surface area contributed by atoms with Crippen LogP contribution < -0.4 is 4.74 Å². The molecule has 1 rings (SSSR count). The van der Waals surface area contributed by atoms with Crippen LogP contribution in [0.4, 0.5) is 0 Å². The SMILES string of the molecule is COc1cc(C)c(C(=O)C(C)Br)cc1Cl. The lowest BCUT2D eigenvalue weighted by atomic mass is 10.0. The highest BCUT2D eigenvalue weighted by Crippen LogP contribution is 2.28. The molecular weight excluding hydrogens is 279 g/mol. The van der Waals surface area contributed by atoms with Crippen LogP contribution in [0.3, 0.4) is 0 Å². The standard InChI is InChI=1S/C11H12BrClO2/c1-6-4-10(15-3)9(13)5-8(6)11(14)7(2)12/h4-5,7H,1-3H3. The minimum Gasteiger partial charge on any atom is -0.495 e. The van der Waals surface area contributed by atoms with Crippen molar-refractivity contribution in [2.75, 3.05) is 7.11 Å². The summed E-state index contributed by atoms with van der Waals surface area (Å²) >= 11 is 9.20. The molecule has 0 aliphatic heterocycles. The second kappa shape index (κ2) is 4.99. The van der Waals surface area contributed by atoms with Crippen molar-refractivity contribution in [3.05, 3.63) is 28.3 Å². The lowest BCUT2D eigenvalue weighted by Gasteiger charge is -2.10. The number of hydrogen-bond acceptors (Lipinski definition) is 2. The van der Waals surface area contributed by atoms with Crippen molar-refractivity contribution < 1.29 is 9.53 Å². The van der Waals surface area contributed by atoms with E-state index >= 15 is 0 Å². The third-order valence-electron chi connectivity index (χ3n) is 2.13. The van der Waals surface area contributed by atoms with Gasteiger partial charge in [0.2, 0.25) is 0 Å². The molecule has 0 saturated carbocycles. The Morgan fingerprint density at radius 1 is 1.53 bits per heavy atom. The van der Waals surface area contributed by atoms with Crippen molar-refractivity contribution in [2.45, 2.75) is 18.7 Å². The molecular formula is C11H12BrClO2. The summed E-state index contributed by atoms with van der Waals surface area (Å²) in [6.07, 6.45) is 0. The van der Waals surface area contributed by atoms with Crippen molar-refractivity contribution >= 4 is 33.3 Å². The zero-order valence-corrected chi connectivity index (χ0v) is 11.1. The molecule has 0 aliphatic rings. The van der Waals surface area contributed by atoms with Crippen LogP contribution in [0, 0.1) is 6.92 Å². The van der Waals surface area contributed by atoms with Crippen LogP contribution in [0.15, 0.2) is 12.1 Å². The third kappa shape index (κ3) is 2.73. The van der Waals surface area contributed by atoms with E-state index < -0.39 is 0 Å². The van der Waals surface area contributed by atoms with Gasteiger partial charge in [0.05, 0.1) is 17.0 Å². The number of Topliss-reactive ketones (excluding diaryl/α,β-unsaturated/α-hetero) is 1. The molecule has 1 unspecified atom stereocenters. The average molecular weight is 292 g/mol. The molecule has 0 saturated heterocycles. The summed E-state index contributed by atoms with van der Waals surface area (Å²) in [4.78, 5) is 11.6. The number of ether oxygens (including phenoxy) is 1. The predicted octanol–water partition coefficient (Wildman–Crippen LogP) is 3.62. The van der Waals surface area contributed by atoms with E-state index in [9.17, 15) is 4.79 Å². The van der Waals surface area contributed by atoms with Gasteiger partial charge in [0.25, 0.3) is 0 Å². The summed E-state index contributed by atoms with van der Waals surface area (Å²) in [5.74, 6) is 0.616. The Labute approximate surface area is 103 Å². The first-order chi connectivity index (χ1) is 6.97. The smallest absolute Gasteiger partial charge is 0.176 e. The Morgan fingerprint density at radius 3 is 2.60 bits per heavy atom. The second-order valence-corrected chi connectivity index (χ2v) is 5.06. The largest absolute Gasteiger partial charge is 0.495 e. The van der Waals surface area contributed by atoms with Crippen LogP contribution >= 0.6 is 27.5 Å². The zero-order valence-electron chi connectivity index (χ0n) is 8.80. The Kier molecular flexibility index (Phi) is 4.17. The zero-order chi connectivity index (χ0) is 11.6. The summed E-state index contributed by atoms with van der Waals surface area (Å²) in [6.45, 7) is 3.65. The fourth-order valence-electron chi connectivity index (χ4n) is 1.29. The van der Waals surface area contributed by atoms with Gasteiger partial charge in [0.1, 0.15) is 5.75 Å². The van der Waals surface area contributed by atoms with Gasteiger partial charge in [0.15, 0.2) is 5.78 Å². The predicted molar refractivity (Wildman–Crippen MR) is 65.5 cm³/mol. The van der Waals surface area contributed by atoms with Crippen LogP contribution in [0.2, 0.25) is 5.02 Å². The van der Waals surface area contributed by atoms with Gasteiger partial charge in [-0.2, -0.15) is 0 Å². The molecule has 0 spiro atoms. The number of rotatable bonds is 3. The van der Waals surface area contributed by atoms with E-state index in [1.807, 2.05) is 6.92 Å². The Bertz CT molecular complexity index is 388. The lowest BCUT2D eigenvalue weighted by Crippen LogP contribution is -2.11. The third-order valence-corrected chi connectivity index (χ3v) is 2.84. The topological polar surface area (TPSA) is 26.3 Å². The normalized spacial score (nSPS) is 12.3.